The van der Waals surface area contributed by atoms with Gasteiger partial charge in [-0.3, -0.25) is 9.59 Å². The molecule has 218 valence electrons. The van der Waals surface area contributed by atoms with Crippen LogP contribution in [-0.2, 0) is 22.6 Å². The van der Waals surface area contributed by atoms with E-state index in [2.05, 4.69) is 0 Å². The van der Waals surface area contributed by atoms with E-state index in [4.69, 9.17) is 26.2 Å². The molecule has 8 heteroatoms. The van der Waals surface area contributed by atoms with Crippen LogP contribution in [0.2, 0.25) is 5.02 Å². The zero-order valence-corrected chi connectivity index (χ0v) is 24.4. The van der Waals surface area contributed by atoms with Crippen LogP contribution in [0.5, 0.6) is 11.5 Å². The lowest BCUT2D eigenvalue weighted by molar-refractivity contribution is -0.137. The number of hydrogen-bond acceptors (Lipinski definition) is 4. The number of carboxylic acids is 2. The van der Waals surface area contributed by atoms with E-state index in [1.165, 1.54) is 0 Å². The molecule has 0 atom stereocenters. The number of carboxylic acid groups (broad SMARTS) is 2. The highest BCUT2D eigenvalue weighted by Crippen LogP contribution is 2.29. The maximum Gasteiger partial charge on any atom is 0.307 e. The molecule has 4 aromatic rings. The molecule has 1 heterocycles. The summed E-state index contributed by atoms with van der Waals surface area (Å²) in [6.07, 6.45) is 10.0. The molecule has 0 spiro atoms. The van der Waals surface area contributed by atoms with Gasteiger partial charge < -0.3 is 24.3 Å². The van der Waals surface area contributed by atoms with Crippen LogP contribution >= 0.6 is 11.6 Å². The van der Waals surface area contributed by atoms with E-state index in [0.29, 0.717) is 36.8 Å². The quantitative estimate of drug-likeness (QED) is 0.116. The van der Waals surface area contributed by atoms with Gasteiger partial charge in [-0.25, -0.2) is 0 Å². The summed E-state index contributed by atoms with van der Waals surface area (Å²) in [6.45, 7) is 5.29. The molecule has 0 saturated heterocycles. The summed E-state index contributed by atoms with van der Waals surface area (Å²) in [5.41, 5.74) is 5.47. The third kappa shape index (κ3) is 8.27. The van der Waals surface area contributed by atoms with E-state index in [9.17, 15) is 14.7 Å². The van der Waals surface area contributed by atoms with Crippen molar-refractivity contribution in [3.8, 4) is 11.5 Å². The first-order valence-corrected chi connectivity index (χ1v) is 14.1. The van der Waals surface area contributed by atoms with Gasteiger partial charge in [-0.15, -0.1) is 0 Å². The lowest BCUT2D eigenvalue weighted by Crippen LogP contribution is -2.01. The Balaban J connectivity index is 1.37. The number of aryl methyl sites for hydroxylation is 3. The number of hydrogen-bond donors (Lipinski definition) is 2. The molecule has 0 bridgehead atoms. The predicted octanol–water partition coefficient (Wildman–Crippen LogP) is 7.59. The van der Waals surface area contributed by atoms with Crippen LogP contribution in [0.25, 0.3) is 23.1 Å². The van der Waals surface area contributed by atoms with Crippen LogP contribution in [0.4, 0.5) is 0 Å². The van der Waals surface area contributed by atoms with E-state index in [-0.39, 0.29) is 12.8 Å². The summed E-state index contributed by atoms with van der Waals surface area (Å²) in [7, 11) is 0. The van der Waals surface area contributed by atoms with Gasteiger partial charge in [0.1, 0.15) is 24.7 Å². The Labute approximate surface area is 250 Å². The number of fused-ring (bicyclic) bond motifs is 1. The Kier molecular flexibility index (Phi) is 10.5. The van der Waals surface area contributed by atoms with E-state index < -0.39 is 11.9 Å². The van der Waals surface area contributed by atoms with Crippen molar-refractivity contribution in [3.63, 3.8) is 0 Å². The molecule has 0 fully saturated rings. The van der Waals surface area contributed by atoms with Gasteiger partial charge in [0.05, 0.1) is 6.42 Å². The SMILES string of the molecule is Cc1cc(Cl)cc(C)c1OC/C=C/COc1ccc(/C=C/c2cccc3c2c(CC(=O)O)cn3CCCC(=O)O)cc1. The molecular weight excluding hydrogens is 554 g/mol. The average Bonchev–Trinajstić information content (AvgIpc) is 3.28. The maximum atomic E-state index is 11.5. The van der Waals surface area contributed by atoms with Gasteiger partial charge in [-0.05, 0) is 90.6 Å². The fourth-order valence-electron chi connectivity index (χ4n) is 4.89. The third-order valence-corrected chi connectivity index (χ3v) is 6.96. The number of nitrogens with zero attached hydrogens (tertiary/aromatic N) is 1. The van der Waals surface area contributed by atoms with Gasteiger partial charge in [0.2, 0.25) is 0 Å². The standard InChI is InChI=1S/C34H34ClNO6/c1-23-19-28(35)20-24(2)34(23)42-18-4-3-17-41-29-14-11-25(12-15-29)10-13-26-7-5-8-30-33(26)27(21-32(39)40)22-36(30)16-6-9-31(37)38/h3-5,7-8,10-15,19-20,22H,6,9,16-18,21H2,1-2H3,(H,37,38)(H,39,40)/b4-3+,13-10+. The van der Waals surface area contributed by atoms with Gasteiger partial charge in [-0.1, -0.05) is 48.0 Å². The normalized spacial score (nSPS) is 11.5. The molecule has 7 nitrogen and oxygen atoms in total. The summed E-state index contributed by atoms with van der Waals surface area (Å²) < 4.78 is 13.6. The molecule has 0 saturated carbocycles. The van der Waals surface area contributed by atoms with E-state index in [0.717, 1.165) is 44.7 Å². The molecule has 0 amide bonds. The van der Waals surface area contributed by atoms with Crippen molar-refractivity contribution >= 4 is 46.6 Å². The zero-order chi connectivity index (χ0) is 30.1. The Bertz CT molecular complexity index is 1590. The fraction of sp³-hybridized carbons (Fsp3) is 0.235. The Morgan fingerprint density at radius 3 is 2.26 bits per heavy atom. The molecule has 3 aromatic carbocycles. The monoisotopic (exact) mass is 587 g/mol. The maximum absolute atomic E-state index is 11.5. The van der Waals surface area contributed by atoms with Crippen molar-refractivity contribution in [3.05, 3.63) is 106 Å². The Morgan fingerprint density at radius 2 is 1.60 bits per heavy atom. The first-order valence-electron chi connectivity index (χ1n) is 13.7. The Hall–Kier alpha value is -4.49. The highest BCUT2D eigenvalue weighted by molar-refractivity contribution is 6.30. The molecular formula is C34H34ClNO6. The number of aliphatic carboxylic acids is 2. The minimum atomic E-state index is -0.914. The molecule has 1 aromatic heterocycles. The minimum absolute atomic E-state index is 0.0573. The van der Waals surface area contributed by atoms with Crippen LogP contribution in [0.1, 0.15) is 40.7 Å². The zero-order valence-electron chi connectivity index (χ0n) is 23.7. The highest BCUT2D eigenvalue weighted by Gasteiger charge is 2.14. The molecule has 0 radical (unpaired) electrons. The lowest BCUT2D eigenvalue weighted by Gasteiger charge is -2.11. The van der Waals surface area contributed by atoms with Crippen molar-refractivity contribution < 1.29 is 29.3 Å². The second-order valence-electron chi connectivity index (χ2n) is 10.0. The number of halogens is 1. The van der Waals surface area contributed by atoms with Gasteiger partial charge >= 0.3 is 11.9 Å². The molecule has 0 aliphatic rings. The smallest absolute Gasteiger partial charge is 0.307 e. The Morgan fingerprint density at radius 1 is 0.905 bits per heavy atom. The largest absolute Gasteiger partial charge is 0.490 e. The minimum Gasteiger partial charge on any atom is -0.490 e. The molecule has 0 aliphatic carbocycles. The van der Waals surface area contributed by atoms with Gasteiger partial charge in [0, 0.05) is 35.1 Å². The topological polar surface area (TPSA) is 98.0 Å². The van der Waals surface area contributed by atoms with Gasteiger partial charge in [0.25, 0.3) is 0 Å². The molecule has 2 N–H and O–H groups in total. The van der Waals surface area contributed by atoms with Crippen molar-refractivity contribution in [2.75, 3.05) is 13.2 Å². The molecule has 42 heavy (non-hydrogen) atoms. The second kappa shape index (κ2) is 14.4. The van der Waals surface area contributed by atoms with Gasteiger partial charge in [-0.2, -0.15) is 0 Å². The molecule has 4 rings (SSSR count). The molecule has 0 aliphatic heterocycles. The average molecular weight is 588 g/mol. The number of aromatic nitrogens is 1. The third-order valence-electron chi connectivity index (χ3n) is 6.75. The summed E-state index contributed by atoms with van der Waals surface area (Å²) in [5.74, 6) is -0.176. The lowest BCUT2D eigenvalue weighted by atomic mass is 10.0. The van der Waals surface area contributed by atoms with Gasteiger partial charge in [0.15, 0.2) is 0 Å². The summed E-state index contributed by atoms with van der Waals surface area (Å²) in [4.78, 5) is 22.5. The predicted molar refractivity (Wildman–Crippen MR) is 167 cm³/mol. The number of rotatable bonds is 14. The first kappa shape index (κ1) is 30.5. The number of benzene rings is 3. The molecule has 0 unspecified atom stereocenters. The van der Waals surface area contributed by atoms with E-state index in [1.54, 1.807) is 0 Å². The van der Waals surface area contributed by atoms with Crippen molar-refractivity contribution in [2.45, 2.75) is 39.7 Å². The van der Waals surface area contributed by atoms with Crippen LogP contribution in [0.15, 0.2) is 72.9 Å². The van der Waals surface area contributed by atoms with Crippen LogP contribution in [-0.4, -0.2) is 39.9 Å². The van der Waals surface area contributed by atoms with Crippen LogP contribution in [0, 0.1) is 13.8 Å². The second-order valence-corrected chi connectivity index (χ2v) is 10.5. The van der Waals surface area contributed by atoms with E-state index in [1.807, 2.05) is 104 Å². The highest BCUT2D eigenvalue weighted by atomic mass is 35.5. The van der Waals surface area contributed by atoms with Crippen LogP contribution in [0.3, 0.4) is 0 Å². The van der Waals surface area contributed by atoms with Crippen molar-refractivity contribution in [1.82, 2.24) is 4.57 Å². The first-order chi connectivity index (χ1) is 20.2. The van der Waals surface area contributed by atoms with E-state index >= 15 is 0 Å². The number of carbonyl (C=O) groups is 2. The van der Waals surface area contributed by atoms with Crippen molar-refractivity contribution in [2.24, 2.45) is 0 Å². The summed E-state index contributed by atoms with van der Waals surface area (Å²) in [5, 5.41) is 20.0. The van der Waals surface area contributed by atoms with Crippen LogP contribution < -0.4 is 9.47 Å². The summed E-state index contributed by atoms with van der Waals surface area (Å²) >= 11 is 6.08. The fourth-order valence-corrected chi connectivity index (χ4v) is 5.22. The number of ether oxygens (including phenoxy) is 2. The van der Waals surface area contributed by atoms with Crippen molar-refractivity contribution in [1.29, 1.82) is 0 Å². The summed E-state index contributed by atoms with van der Waals surface area (Å²) in [6, 6.07) is 17.3.